The van der Waals surface area contributed by atoms with E-state index >= 15 is 0 Å². The summed E-state index contributed by atoms with van der Waals surface area (Å²) < 4.78 is 10.6. The quantitative estimate of drug-likeness (QED) is 0.541. The van der Waals surface area contributed by atoms with E-state index in [1.807, 2.05) is 20.8 Å². The van der Waals surface area contributed by atoms with Crippen molar-refractivity contribution < 1.29 is 18.7 Å². The molecular formula is C16H25N5O4. The molecule has 0 atom stereocenters. The standard InChI is InChI=1S/C16H25N5O4/c1-16(2,3)25-15(23)21-8-10(9-21)20-14(18-4)19-7-11-5-6-12(24-11)13(17)22/h5-6,10H,7-9H2,1-4H3,(H2,17,22)(H2,18,19,20). The highest BCUT2D eigenvalue weighted by Gasteiger charge is 2.34. The van der Waals surface area contributed by atoms with Gasteiger partial charge in [0.05, 0.1) is 12.6 Å². The van der Waals surface area contributed by atoms with Gasteiger partial charge in [-0.3, -0.25) is 9.79 Å². The number of nitrogens with two attached hydrogens (primary N) is 1. The van der Waals surface area contributed by atoms with E-state index in [1.165, 1.54) is 6.07 Å². The molecule has 1 fully saturated rings. The minimum Gasteiger partial charge on any atom is -0.454 e. The lowest BCUT2D eigenvalue weighted by Crippen LogP contribution is -2.63. The number of hydrogen-bond acceptors (Lipinski definition) is 5. The zero-order valence-corrected chi connectivity index (χ0v) is 15.0. The van der Waals surface area contributed by atoms with Crippen LogP contribution in [0.4, 0.5) is 4.79 Å². The molecule has 1 aromatic heterocycles. The number of aliphatic imine (C=N–C) groups is 1. The van der Waals surface area contributed by atoms with E-state index in [2.05, 4.69) is 15.6 Å². The van der Waals surface area contributed by atoms with Crippen LogP contribution in [0.25, 0.3) is 0 Å². The van der Waals surface area contributed by atoms with Crippen molar-refractivity contribution in [2.75, 3.05) is 20.1 Å². The Morgan fingerprint density at radius 2 is 2.08 bits per heavy atom. The number of ether oxygens (including phenoxy) is 1. The number of hydrogen-bond donors (Lipinski definition) is 3. The van der Waals surface area contributed by atoms with Crippen molar-refractivity contribution in [3.05, 3.63) is 23.7 Å². The summed E-state index contributed by atoms with van der Waals surface area (Å²) in [4.78, 5) is 28.6. The Bertz CT molecular complexity index is 656. The van der Waals surface area contributed by atoms with Gasteiger partial charge in [-0.2, -0.15) is 0 Å². The third-order valence-corrected chi connectivity index (χ3v) is 3.43. The van der Waals surface area contributed by atoms with Crippen LogP contribution in [-0.2, 0) is 11.3 Å². The molecule has 2 rings (SSSR count). The Morgan fingerprint density at radius 1 is 1.40 bits per heavy atom. The molecule has 25 heavy (non-hydrogen) atoms. The van der Waals surface area contributed by atoms with Gasteiger partial charge in [0.25, 0.3) is 5.91 Å². The molecule has 0 aromatic carbocycles. The Morgan fingerprint density at radius 3 is 2.60 bits per heavy atom. The van der Waals surface area contributed by atoms with E-state index in [-0.39, 0.29) is 17.9 Å². The lowest BCUT2D eigenvalue weighted by atomic mass is 10.1. The van der Waals surface area contributed by atoms with E-state index in [0.717, 1.165) is 0 Å². The molecule has 0 aliphatic carbocycles. The van der Waals surface area contributed by atoms with Gasteiger partial charge in [-0.1, -0.05) is 0 Å². The van der Waals surface area contributed by atoms with E-state index in [0.29, 0.717) is 31.4 Å². The fraction of sp³-hybridized carbons (Fsp3) is 0.562. The third kappa shape index (κ3) is 5.40. The molecule has 2 heterocycles. The number of nitrogens with zero attached hydrogens (tertiary/aromatic N) is 2. The molecule has 0 radical (unpaired) electrons. The monoisotopic (exact) mass is 351 g/mol. The Kier molecular flexibility index (Phi) is 5.55. The minimum atomic E-state index is -0.606. The van der Waals surface area contributed by atoms with Crippen molar-refractivity contribution in [2.24, 2.45) is 10.7 Å². The predicted octanol–water partition coefficient (Wildman–Crippen LogP) is 0.663. The lowest BCUT2D eigenvalue weighted by molar-refractivity contribution is 0.00700. The van der Waals surface area contributed by atoms with Gasteiger partial charge in [0.1, 0.15) is 11.4 Å². The fourth-order valence-corrected chi connectivity index (χ4v) is 2.21. The first-order valence-electron chi connectivity index (χ1n) is 8.01. The maximum atomic E-state index is 11.9. The van der Waals surface area contributed by atoms with Crippen LogP contribution in [0, 0.1) is 0 Å². The van der Waals surface area contributed by atoms with Gasteiger partial charge in [0.15, 0.2) is 11.7 Å². The van der Waals surface area contributed by atoms with Gasteiger partial charge in [-0.25, -0.2) is 4.79 Å². The van der Waals surface area contributed by atoms with Gasteiger partial charge >= 0.3 is 6.09 Å². The second-order valence-corrected chi connectivity index (χ2v) is 6.78. The minimum absolute atomic E-state index is 0.0940. The number of likely N-dealkylation sites (tertiary alicyclic amines) is 1. The number of nitrogens with one attached hydrogen (secondary N) is 2. The number of rotatable bonds is 4. The molecule has 2 amide bonds. The van der Waals surface area contributed by atoms with Crippen molar-refractivity contribution in [1.82, 2.24) is 15.5 Å². The summed E-state index contributed by atoms with van der Waals surface area (Å²) in [6.45, 7) is 6.96. The molecule has 1 aromatic rings. The second kappa shape index (κ2) is 7.45. The zero-order valence-electron chi connectivity index (χ0n) is 15.0. The molecule has 1 aliphatic rings. The number of guanidine groups is 1. The fourth-order valence-electron chi connectivity index (χ4n) is 2.21. The van der Waals surface area contributed by atoms with Gasteiger partial charge in [-0.15, -0.1) is 0 Å². The number of furan rings is 1. The van der Waals surface area contributed by atoms with Crippen molar-refractivity contribution >= 4 is 18.0 Å². The maximum absolute atomic E-state index is 11.9. The van der Waals surface area contributed by atoms with E-state index in [9.17, 15) is 9.59 Å². The van der Waals surface area contributed by atoms with Crippen molar-refractivity contribution in [3.63, 3.8) is 0 Å². The molecule has 0 saturated carbocycles. The van der Waals surface area contributed by atoms with Crippen LogP contribution in [0.2, 0.25) is 0 Å². The first kappa shape index (κ1) is 18.6. The molecule has 9 nitrogen and oxygen atoms in total. The highest BCUT2D eigenvalue weighted by atomic mass is 16.6. The van der Waals surface area contributed by atoms with Crippen LogP contribution in [0.1, 0.15) is 37.1 Å². The van der Waals surface area contributed by atoms with Crippen LogP contribution in [0.5, 0.6) is 0 Å². The van der Waals surface area contributed by atoms with Gasteiger partial charge in [-0.05, 0) is 32.9 Å². The Hall–Kier alpha value is -2.71. The predicted molar refractivity (Wildman–Crippen MR) is 92.2 cm³/mol. The number of primary amides is 1. The van der Waals surface area contributed by atoms with Gasteiger partial charge < -0.3 is 30.4 Å². The average Bonchev–Trinajstić information content (AvgIpc) is 2.92. The summed E-state index contributed by atoms with van der Waals surface area (Å²) in [6, 6.07) is 3.30. The summed E-state index contributed by atoms with van der Waals surface area (Å²) in [5.41, 5.74) is 4.64. The normalized spacial score (nSPS) is 15.5. The Labute approximate surface area is 146 Å². The largest absolute Gasteiger partial charge is 0.454 e. The average molecular weight is 351 g/mol. The van der Waals surface area contributed by atoms with Crippen LogP contribution >= 0.6 is 0 Å². The molecule has 1 saturated heterocycles. The van der Waals surface area contributed by atoms with E-state index in [4.69, 9.17) is 14.9 Å². The molecule has 0 spiro atoms. The maximum Gasteiger partial charge on any atom is 0.410 e. The first-order chi connectivity index (χ1) is 11.7. The van der Waals surface area contributed by atoms with Crippen molar-refractivity contribution in [2.45, 2.75) is 39.0 Å². The van der Waals surface area contributed by atoms with E-state index < -0.39 is 11.5 Å². The van der Waals surface area contributed by atoms with Crippen molar-refractivity contribution in [1.29, 1.82) is 0 Å². The highest BCUT2D eigenvalue weighted by Crippen LogP contribution is 2.15. The number of carbonyl (C=O) groups is 2. The van der Waals surface area contributed by atoms with Crippen LogP contribution in [0.15, 0.2) is 21.5 Å². The van der Waals surface area contributed by atoms with Gasteiger partial charge in [0, 0.05) is 20.1 Å². The second-order valence-electron chi connectivity index (χ2n) is 6.78. The molecule has 0 unspecified atom stereocenters. The van der Waals surface area contributed by atoms with Crippen LogP contribution in [-0.4, -0.2) is 54.6 Å². The summed E-state index contributed by atoms with van der Waals surface area (Å²) in [5, 5.41) is 6.28. The smallest absolute Gasteiger partial charge is 0.410 e. The molecular weight excluding hydrogens is 326 g/mol. The number of carbonyl (C=O) groups excluding carboxylic acids is 2. The Balaban J connectivity index is 1.74. The van der Waals surface area contributed by atoms with Gasteiger partial charge in [0.2, 0.25) is 0 Å². The van der Waals surface area contributed by atoms with Crippen molar-refractivity contribution in [3.8, 4) is 0 Å². The molecule has 1 aliphatic heterocycles. The summed E-state index contributed by atoms with van der Waals surface area (Å²) in [5.74, 6) is 0.656. The molecule has 9 heteroatoms. The van der Waals surface area contributed by atoms with Crippen LogP contribution in [0.3, 0.4) is 0 Å². The zero-order chi connectivity index (χ0) is 18.6. The first-order valence-corrected chi connectivity index (χ1v) is 8.01. The highest BCUT2D eigenvalue weighted by molar-refractivity contribution is 5.89. The van der Waals surface area contributed by atoms with Crippen LogP contribution < -0.4 is 16.4 Å². The number of amides is 2. The summed E-state index contributed by atoms with van der Waals surface area (Å²) >= 11 is 0. The molecule has 4 N–H and O–H groups in total. The molecule has 0 bridgehead atoms. The summed E-state index contributed by atoms with van der Waals surface area (Å²) in [6.07, 6.45) is -0.317. The third-order valence-electron chi connectivity index (χ3n) is 3.43. The topological polar surface area (TPSA) is 122 Å². The lowest BCUT2D eigenvalue weighted by Gasteiger charge is -2.40. The van der Waals surface area contributed by atoms with E-state index in [1.54, 1.807) is 18.0 Å². The molecule has 138 valence electrons. The SMILES string of the molecule is CN=C(NCc1ccc(C(N)=O)o1)NC1CN(C(=O)OC(C)(C)C)C1. The summed E-state index contributed by atoms with van der Waals surface area (Å²) in [7, 11) is 1.65.